The molecule has 0 aliphatic carbocycles. The number of aromatic nitrogens is 1. The molecule has 19 heavy (non-hydrogen) atoms. The predicted octanol–water partition coefficient (Wildman–Crippen LogP) is 2.31. The molecule has 0 bridgehead atoms. The summed E-state index contributed by atoms with van der Waals surface area (Å²) in [4.78, 5) is 6.63. The van der Waals surface area contributed by atoms with E-state index in [-0.39, 0.29) is 0 Å². The van der Waals surface area contributed by atoms with Gasteiger partial charge in [0.05, 0.1) is 30.3 Å². The van der Waals surface area contributed by atoms with Crippen LogP contribution in [0.3, 0.4) is 0 Å². The SMILES string of the molecule is CCC(O)c1ccc(N2CC=C(COC)CC2)cn1. The predicted molar refractivity (Wildman–Crippen MR) is 76.3 cm³/mol. The third-order valence-corrected chi connectivity index (χ3v) is 3.50. The third-order valence-electron chi connectivity index (χ3n) is 3.50. The Hall–Kier alpha value is -1.39. The van der Waals surface area contributed by atoms with E-state index in [2.05, 4.69) is 16.0 Å². The van der Waals surface area contributed by atoms with Gasteiger partial charge in [0.1, 0.15) is 0 Å². The van der Waals surface area contributed by atoms with Crippen molar-refractivity contribution in [2.24, 2.45) is 0 Å². The van der Waals surface area contributed by atoms with E-state index in [0.29, 0.717) is 6.42 Å². The number of aliphatic hydroxyl groups excluding tert-OH is 1. The number of pyridine rings is 1. The minimum atomic E-state index is -0.455. The second kappa shape index (κ2) is 6.68. The van der Waals surface area contributed by atoms with Crippen molar-refractivity contribution >= 4 is 5.69 Å². The van der Waals surface area contributed by atoms with Gasteiger partial charge in [0.15, 0.2) is 0 Å². The van der Waals surface area contributed by atoms with Gasteiger partial charge >= 0.3 is 0 Å². The molecule has 0 fully saturated rings. The van der Waals surface area contributed by atoms with Crippen LogP contribution < -0.4 is 4.90 Å². The Morgan fingerprint density at radius 1 is 1.47 bits per heavy atom. The molecule has 2 rings (SSSR count). The summed E-state index contributed by atoms with van der Waals surface area (Å²) in [5.74, 6) is 0. The first-order valence-corrected chi connectivity index (χ1v) is 6.80. The minimum Gasteiger partial charge on any atom is -0.387 e. The summed E-state index contributed by atoms with van der Waals surface area (Å²) < 4.78 is 5.15. The molecule has 0 saturated carbocycles. The van der Waals surface area contributed by atoms with Crippen LogP contribution in [0.5, 0.6) is 0 Å². The van der Waals surface area contributed by atoms with Crippen LogP contribution in [0.25, 0.3) is 0 Å². The van der Waals surface area contributed by atoms with Crippen LogP contribution in [0.4, 0.5) is 5.69 Å². The maximum Gasteiger partial charge on any atom is 0.0957 e. The summed E-state index contributed by atoms with van der Waals surface area (Å²) in [5, 5.41) is 9.72. The van der Waals surface area contributed by atoms with Crippen LogP contribution in [-0.2, 0) is 4.74 Å². The number of hydrogen-bond donors (Lipinski definition) is 1. The summed E-state index contributed by atoms with van der Waals surface area (Å²) in [6.45, 7) is 4.57. The Bertz CT molecular complexity index is 428. The van der Waals surface area contributed by atoms with E-state index in [1.165, 1.54) is 5.57 Å². The molecule has 4 heteroatoms. The highest BCUT2D eigenvalue weighted by atomic mass is 16.5. The van der Waals surface area contributed by atoms with Crippen molar-refractivity contribution in [2.45, 2.75) is 25.9 Å². The molecule has 1 atom stereocenters. The molecule has 1 aliphatic heterocycles. The van der Waals surface area contributed by atoms with E-state index >= 15 is 0 Å². The number of rotatable bonds is 5. The Kier molecular flexibility index (Phi) is 4.93. The maximum absolute atomic E-state index is 9.72. The van der Waals surface area contributed by atoms with Crippen LogP contribution in [0.2, 0.25) is 0 Å². The lowest BCUT2D eigenvalue weighted by atomic mass is 10.1. The zero-order valence-electron chi connectivity index (χ0n) is 11.7. The van der Waals surface area contributed by atoms with Crippen LogP contribution >= 0.6 is 0 Å². The average molecular weight is 262 g/mol. The van der Waals surface area contributed by atoms with Crippen LogP contribution in [0, 0.1) is 0 Å². The van der Waals surface area contributed by atoms with E-state index in [4.69, 9.17) is 4.74 Å². The van der Waals surface area contributed by atoms with E-state index in [0.717, 1.165) is 37.5 Å². The summed E-state index contributed by atoms with van der Waals surface area (Å²) >= 11 is 0. The Morgan fingerprint density at radius 3 is 2.84 bits per heavy atom. The molecule has 0 aromatic carbocycles. The highest BCUT2D eigenvalue weighted by Crippen LogP contribution is 2.21. The monoisotopic (exact) mass is 262 g/mol. The smallest absolute Gasteiger partial charge is 0.0957 e. The highest BCUT2D eigenvalue weighted by Gasteiger charge is 2.13. The number of nitrogens with zero attached hydrogens (tertiary/aromatic N) is 2. The van der Waals surface area contributed by atoms with Crippen molar-refractivity contribution < 1.29 is 9.84 Å². The molecule has 0 spiro atoms. The van der Waals surface area contributed by atoms with Gasteiger partial charge in [0.2, 0.25) is 0 Å². The number of ether oxygens (including phenoxy) is 1. The van der Waals surface area contributed by atoms with Gasteiger partial charge in [-0.05, 0) is 30.5 Å². The zero-order valence-corrected chi connectivity index (χ0v) is 11.7. The molecule has 2 heterocycles. The topological polar surface area (TPSA) is 45.6 Å². The van der Waals surface area contributed by atoms with E-state index < -0.39 is 6.10 Å². The van der Waals surface area contributed by atoms with Gasteiger partial charge in [-0.1, -0.05) is 13.0 Å². The molecule has 4 nitrogen and oxygen atoms in total. The number of aliphatic hydroxyl groups is 1. The van der Waals surface area contributed by atoms with Gasteiger partial charge in [-0.3, -0.25) is 4.98 Å². The molecule has 0 saturated heterocycles. The normalized spacial score (nSPS) is 17.2. The summed E-state index contributed by atoms with van der Waals surface area (Å²) in [5.41, 5.74) is 3.23. The number of methoxy groups -OCH3 is 1. The second-order valence-electron chi connectivity index (χ2n) is 4.86. The highest BCUT2D eigenvalue weighted by molar-refractivity contribution is 5.46. The summed E-state index contributed by atoms with van der Waals surface area (Å²) in [7, 11) is 1.73. The van der Waals surface area contributed by atoms with E-state index in [1.54, 1.807) is 7.11 Å². The van der Waals surface area contributed by atoms with Gasteiger partial charge in [-0.15, -0.1) is 0 Å². The molecule has 0 amide bonds. The Labute approximate surface area is 114 Å². The molecule has 1 N–H and O–H groups in total. The molecule has 104 valence electrons. The van der Waals surface area contributed by atoms with Crippen molar-refractivity contribution in [3.63, 3.8) is 0 Å². The fraction of sp³-hybridized carbons (Fsp3) is 0.533. The van der Waals surface area contributed by atoms with Crippen molar-refractivity contribution in [3.8, 4) is 0 Å². The van der Waals surface area contributed by atoms with Crippen molar-refractivity contribution in [1.29, 1.82) is 0 Å². The summed E-state index contributed by atoms with van der Waals surface area (Å²) in [6.07, 6.45) is 5.35. The fourth-order valence-electron chi connectivity index (χ4n) is 2.25. The Morgan fingerprint density at radius 2 is 2.32 bits per heavy atom. The molecular formula is C15H22N2O2. The molecule has 1 unspecified atom stereocenters. The summed E-state index contributed by atoms with van der Waals surface area (Å²) in [6, 6.07) is 3.95. The van der Waals surface area contributed by atoms with E-state index in [1.807, 2.05) is 25.3 Å². The molecule has 1 aromatic rings. The maximum atomic E-state index is 9.72. The average Bonchev–Trinajstić information content (AvgIpc) is 2.48. The number of hydrogen-bond acceptors (Lipinski definition) is 4. The van der Waals surface area contributed by atoms with Gasteiger partial charge in [0.25, 0.3) is 0 Å². The fourth-order valence-corrected chi connectivity index (χ4v) is 2.25. The van der Waals surface area contributed by atoms with Gasteiger partial charge in [0, 0.05) is 20.2 Å². The van der Waals surface area contributed by atoms with Gasteiger partial charge in [-0.25, -0.2) is 0 Å². The first-order chi connectivity index (χ1) is 9.24. The van der Waals surface area contributed by atoms with Crippen LogP contribution in [-0.4, -0.2) is 36.9 Å². The van der Waals surface area contributed by atoms with Gasteiger partial charge < -0.3 is 14.7 Å². The first kappa shape index (κ1) is 14.0. The van der Waals surface area contributed by atoms with E-state index in [9.17, 15) is 5.11 Å². The lowest BCUT2D eigenvalue weighted by molar-refractivity contribution is 0.169. The van der Waals surface area contributed by atoms with Crippen molar-refractivity contribution in [2.75, 3.05) is 31.7 Å². The number of anilines is 1. The molecular weight excluding hydrogens is 240 g/mol. The van der Waals surface area contributed by atoms with Crippen molar-refractivity contribution in [1.82, 2.24) is 4.98 Å². The van der Waals surface area contributed by atoms with Crippen molar-refractivity contribution in [3.05, 3.63) is 35.7 Å². The lowest BCUT2D eigenvalue weighted by Gasteiger charge is -2.28. The Balaban J connectivity index is 2.00. The second-order valence-corrected chi connectivity index (χ2v) is 4.86. The first-order valence-electron chi connectivity index (χ1n) is 6.80. The van der Waals surface area contributed by atoms with Gasteiger partial charge in [-0.2, -0.15) is 0 Å². The van der Waals surface area contributed by atoms with Crippen LogP contribution in [0.15, 0.2) is 30.0 Å². The standard InChI is InChI=1S/C15H22N2O2/c1-3-15(18)14-5-4-13(10-16-14)17-8-6-12(7-9-17)11-19-2/h4-6,10,15,18H,3,7-9,11H2,1-2H3. The minimum absolute atomic E-state index is 0.455. The third kappa shape index (κ3) is 3.55. The molecule has 0 radical (unpaired) electrons. The molecule has 1 aliphatic rings. The zero-order chi connectivity index (χ0) is 13.7. The lowest BCUT2D eigenvalue weighted by Crippen LogP contribution is -2.29. The van der Waals surface area contributed by atoms with Crippen LogP contribution in [0.1, 0.15) is 31.6 Å². The largest absolute Gasteiger partial charge is 0.387 e. The molecule has 1 aromatic heterocycles. The quantitative estimate of drug-likeness (QED) is 0.827.